The highest BCUT2D eigenvalue weighted by Crippen LogP contribution is 2.11. The Morgan fingerprint density at radius 3 is 2.62 bits per heavy atom. The van der Waals surface area contributed by atoms with E-state index in [9.17, 15) is 0 Å². The van der Waals surface area contributed by atoms with Gasteiger partial charge >= 0.3 is 0 Å². The first-order valence-electron chi connectivity index (χ1n) is 5.15. The number of allylic oxidation sites excluding steroid dienone is 1. The minimum absolute atomic E-state index is 0.921. The third kappa shape index (κ3) is 3.31. The molecule has 0 fully saturated rings. The number of aromatic nitrogens is 1. The number of nitrogens with zero attached hydrogens (tertiary/aromatic N) is 1. The average Bonchev–Trinajstić information content (AvgIpc) is 2.33. The third-order valence-corrected chi connectivity index (χ3v) is 2.79. The largest absolute Gasteiger partial charge is 0.264 e. The lowest BCUT2D eigenvalue weighted by Crippen LogP contribution is -1.81. The van der Waals surface area contributed by atoms with Crippen LogP contribution in [-0.4, -0.2) is 4.98 Å². The highest BCUT2D eigenvalue weighted by Gasteiger charge is 1.89. The second-order valence-electron chi connectivity index (χ2n) is 3.52. The van der Waals surface area contributed by atoms with Crippen LogP contribution >= 0.6 is 15.9 Å². The van der Waals surface area contributed by atoms with E-state index < -0.39 is 0 Å². The van der Waals surface area contributed by atoms with Gasteiger partial charge in [-0.2, -0.15) is 0 Å². The van der Waals surface area contributed by atoms with E-state index in [1.807, 2.05) is 24.4 Å². The molecule has 0 amide bonds. The number of benzene rings is 1. The molecular formula is C14H12BrN. The van der Waals surface area contributed by atoms with Crippen LogP contribution in [0.2, 0.25) is 0 Å². The number of halogens is 1. The standard InChI is InChI=1S/C14H12BrN/c15-14-8-6-12(7-9-14)3-1-4-13-5-2-10-16-11-13/h1-3,5-11H,4H2/b3-1+. The molecule has 0 aliphatic carbocycles. The predicted molar refractivity (Wildman–Crippen MR) is 71.1 cm³/mol. The van der Waals surface area contributed by atoms with Gasteiger partial charge in [0.1, 0.15) is 0 Å². The fraction of sp³-hybridized carbons (Fsp3) is 0.0714. The Labute approximate surface area is 104 Å². The Morgan fingerprint density at radius 1 is 1.12 bits per heavy atom. The summed E-state index contributed by atoms with van der Waals surface area (Å²) < 4.78 is 1.11. The summed E-state index contributed by atoms with van der Waals surface area (Å²) in [6.07, 6.45) is 8.89. The van der Waals surface area contributed by atoms with Crippen LogP contribution < -0.4 is 0 Å². The molecule has 0 spiro atoms. The van der Waals surface area contributed by atoms with Gasteiger partial charge in [0.25, 0.3) is 0 Å². The van der Waals surface area contributed by atoms with E-state index in [4.69, 9.17) is 0 Å². The number of hydrogen-bond acceptors (Lipinski definition) is 1. The second-order valence-corrected chi connectivity index (χ2v) is 4.43. The Kier molecular flexibility index (Phi) is 3.89. The van der Waals surface area contributed by atoms with Gasteiger partial charge in [-0.1, -0.05) is 46.3 Å². The summed E-state index contributed by atoms with van der Waals surface area (Å²) in [5.41, 5.74) is 2.45. The number of rotatable bonds is 3. The van der Waals surface area contributed by atoms with Crippen molar-refractivity contribution >= 4 is 22.0 Å². The summed E-state index contributed by atoms with van der Waals surface area (Å²) in [4.78, 5) is 4.08. The molecule has 0 saturated carbocycles. The average molecular weight is 274 g/mol. The fourth-order valence-corrected chi connectivity index (χ4v) is 1.69. The maximum Gasteiger partial charge on any atom is 0.0303 e. The topological polar surface area (TPSA) is 12.9 Å². The van der Waals surface area contributed by atoms with Crippen molar-refractivity contribution in [2.24, 2.45) is 0 Å². The van der Waals surface area contributed by atoms with Gasteiger partial charge in [0.15, 0.2) is 0 Å². The molecule has 80 valence electrons. The van der Waals surface area contributed by atoms with Crippen molar-refractivity contribution in [2.75, 3.05) is 0 Å². The van der Waals surface area contributed by atoms with Gasteiger partial charge in [-0.25, -0.2) is 0 Å². The summed E-state index contributed by atoms with van der Waals surface area (Å²) in [7, 11) is 0. The van der Waals surface area contributed by atoms with Crippen LogP contribution in [0.5, 0.6) is 0 Å². The summed E-state index contributed by atoms with van der Waals surface area (Å²) >= 11 is 3.42. The van der Waals surface area contributed by atoms with E-state index in [0.717, 1.165) is 10.9 Å². The van der Waals surface area contributed by atoms with Gasteiger partial charge in [0.05, 0.1) is 0 Å². The van der Waals surface area contributed by atoms with E-state index in [1.54, 1.807) is 6.20 Å². The molecule has 2 rings (SSSR count). The van der Waals surface area contributed by atoms with Crippen LogP contribution in [0.1, 0.15) is 11.1 Å². The molecule has 0 bridgehead atoms. The van der Waals surface area contributed by atoms with E-state index >= 15 is 0 Å². The monoisotopic (exact) mass is 273 g/mol. The van der Waals surface area contributed by atoms with Gasteiger partial charge < -0.3 is 0 Å². The summed E-state index contributed by atoms with van der Waals surface area (Å²) in [6.45, 7) is 0. The first-order chi connectivity index (χ1) is 7.84. The first kappa shape index (κ1) is 11.1. The van der Waals surface area contributed by atoms with Crippen molar-refractivity contribution < 1.29 is 0 Å². The van der Waals surface area contributed by atoms with Gasteiger partial charge in [-0.15, -0.1) is 0 Å². The Bertz CT molecular complexity index is 460. The molecule has 1 nitrogen and oxygen atoms in total. The molecule has 0 atom stereocenters. The minimum Gasteiger partial charge on any atom is -0.264 e. The van der Waals surface area contributed by atoms with Crippen molar-refractivity contribution in [1.29, 1.82) is 0 Å². The lowest BCUT2D eigenvalue weighted by molar-refractivity contribution is 1.19. The molecule has 1 aromatic heterocycles. The third-order valence-electron chi connectivity index (χ3n) is 2.26. The van der Waals surface area contributed by atoms with Crippen LogP contribution in [0.25, 0.3) is 6.08 Å². The highest BCUT2D eigenvalue weighted by molar-refractivity contribution is 9.10. The smallest absolute Gasteiger partial charge is 0.0303 e. The number of hydrogen-bond donors (Lipinski definition) is 0. The Morgan fingerprint density at radius 2 is 1.94 bits per heavy atom. The maximum absolute atomic E-state index is 4.08. The molecule has 2 aromatic rings. The zero-order valence-corrected chi connectivity index (χ0v) is 10.4. The second kappa shape index (κ2) is 5.61. The molecule has 0 radical (unpaired) electrons. The zero-order chi connectivity index (χ0) is 11.2. The molecule has 0 N–H and O–H groups in total. The molecule has 1 aromatic carbocycles. The van der Waals surface area contributed by atoms with Crippen molar-refractivity contribution in [3.8, 4) is 0 Å². The zero-order valence-electron chi connectivity index (χ0n) is 8.81. The van der Waals surface area contributed by atoms with Crippen molar-refractivity contribution in [3.63, 3.8) is 0 Å². The molecule has 0 aliphatic rings. The number of pyridine rings is 1. The van der Waals surface area contributed by atoms with E-state index in [0.29, 0.717) is 0 Å². The van der Waals surface area contributed by atoms with Crippen LogP contribution in [0.4, 0.5) is 0 Å². The van der Waals surface area contributed by atoms with E-state index in [1.165, 1.54) is 11.1 Å². The van der Waals surface area contributed by atoms with Gasteiger partial charge in [0.2, 0.25) is 0 Å². The molecule has 0 unspecified atom stereocenters. The molecule has 2 heteroatoms. The van der Waals surface area contributed by atoms with Gasteiger partial charge in [0, 0.05) is 16.9 Å². The normalized spacial score (nSPS) is 10.8. The summed E-state index contributed by atoms with van der Waals surface area (Å²) in [5.74, 6) is 0. The Balaban J connectivity index is 1.98. The van der Waals surface area contributed by atoms with Crippen LogP contribution in [0.15, 0.2) is 59.3 Å². The Hall–Kier alpha value is -1.41. The van der Waals surface area contributed by atoms with Crippen LogP contribution in [0, 0.1) is 0 Å². The summed E-state index contributed by atoms with van der Waals surface area (Å²) in [5, 5.41) is 0. The van der Waals surface area contributed by atoms with Gasteiger partial charge in [-0.05, 0) is 35.7 Å². The first-order valence-corrected chi connectivity index (χ1v) is 5.95. The van der Waals surface area contributed by atoms with E-state index in [-0.39, 0.29) is 0 Å². The summed E-state index contributed by atoms with van der Waals surface area (Å²) in [6, 6.07) is 12.3. The van der Waals surface area contributed by atoms with Crippen LogP contribution in [0.3, 0.4) is 0 Å². The SMILES string of the molecule is Brc1ccc(/C=C/Cc2cccnc2)cc1. The van der Waals surface area contributed by atoms with E-state index in [2.05, 4.69) is 51.3 Å². The van der Waals surface area contributed by atoms with Crippen molar-refractivity contribution in [2.45, 2.75) is 6.42 Å². The molecule has 16 heavy (non-hydrogen) atoms. The lowest BCUT2D eigenvalue weighted by Gasteiger charge is -1.95. The molecule has 0 aliphatic heterocycles. The predicted octanol–water partition coefficient (Wildman–Crippen LogP) is 4.10. The molecule has 1 heterocycles. The maximum atomic E-state index is 4.08. The lowest BCUT2D eigenvalue weighted by atomic mass is 10.1. The highest BCUT2D eigenvalue weighted by atomic mass is 79.9. The fourth-order valence-electron chi connectivity index (χ4n) is 1.42. The van der Waals surface area contributed by atoms with Gasteiger partial charge in [-0.3, -0.25) is 4.98 Å². The molecular weight excluding hydrogens is 262 g/mol. The van der Waals surface area contributed by atoms with Crippen molar-refractivity contribution in [3.05, 3.63) is 70.5 Å². The minimum atomic E-state index is 0.921. The molecule has 0 saturated heterocycles. The van der Waals surface area contributed by atoms with Crippen molar-refractivity contribution in [1.82, 2.24) is 4.98 Å². The van der Waals surface area contributed by atoms with Crippen LogP contribution in [-0.2, 0) is 6.42 Å². The quantitative estimate of drug-likeness (QED) is 0.821.